The Labute approximate surface area is 241 Å². The number of carbonyl (C=O) groups excluding carboxylic acids is 4. The second-order valence-corrected chi connectivity index (χ2v) is 8.80. The molecule has 1 heterocycles. The normalized spacial score (nSPS) is 12.7. The molecule has 10 N–H and O–H groups in total. The van der Waals surface area contributed by atoms with Crippen molar-refractivity contribution in [2.75, 3.05) is 29.1 Å². The molecule has 0 aliphatic heterocycles. The molecule has 0 spiro atoms. The quantitative estimate of drug-likeness (QED) is 0.0746. The molecular formula is C25H30N11O6. The summed E-state index contributed by atoms with van der Waals surface area (Å²) in [6, 6.07) is 5.32. The van der Waals surface area contributed by atoms with Crippen molar-refractivity contribution >= 4 is 64.0 Å². The first-order chi connectivity index (χ1) is 20.0. The first kappa shape index (κ1) is 31.3. The van der Waals surface area contributed by atoms with Crippen molar-refractivity contribution in [3.8, 4) is 0 Å². The summed E-state index contributed by atoms with van der Waals surface area (Å²) in [6.45, 7) is 0.624. The lowest BCUT2D eigenvalue weighted by molar-refractivity contribution is -0.145. The van der Waals surface area contributed by atoms with Gasteiger partial charge in [-0.15, -0.1) is 0 Å². The molecule has 0 bridgehead atoms. The summed E-state index contributed by atoms with van der Waals surface area (Å²) in [5.74, 6) is -2.68. The number of amides is 2. The highest BCUT2D eigenvalue weighted by atomic mass is 16.7. The summed E-state index contributed by atoms with van der Waals surface area (Å²) in [6.07, 6.45) is 6.68. The minimum absolute atomic E-state index is 0.0774. The number of anilines is 3. The van der Waals surface area contributed by atoms with Crippen LogP contribution in [0.4, 0.5) is 17.5 Å². The number of guanidine groups is 2. The smallest absolute Gasteiger partial charge is 0.335 e. The summed E-state index contributed by atoms with van der Waals surface area (Å²) in [5, 5.41) is 11.9. The Morgan fingerprint density at radius 3 is 1.98 bits per heavy atom. The van der Waals surface area contributed by atoms with Crippen LogP contribution in [0.25, 0.3) is 10.9 Å². The summed E-state index contributed by atoms with van der Waals surface area (Å²) < 4.78 is 0. The minimum atomic E-state index is -0.831. The number of benzene rings is 1. The molecule has 1 aromatic heterocycles. The van der Waals surface area contributed by atoms with Gasteiger partial charge in [-0.05, 0) is 54.2 Å². The molecule has 1 saturated carbocycles. The zero-order valence-corrected chi connectivity index (χ0v) is 22.6. The van der Waals surface area contributed by atoms with Crippen molar-refractivity contribution in [2.24, 2.45) is 33.2 Å². The molecule has 1 aliphatic carbocycles. The van der Waals surface area contributed by atoms with E-state index in [-0.39, 0.29) is 37.4 Å². The fraction of sp³-hybridized carbons (Fsp3) is 0.240. The summed E-state index contributed by atoms with van der Waals surface area (Å²) in [5.41, 5.74) is 21.6. The van der Waals surface area contributed by atoms with E-state index in [0.29, 0.717) is 17.4 Å². The van der Waals surface area contributed by atoms with E-state index >= 15 is 0 Å². The first-order valence-corrected chi connectivity index (χ1v) is 12.4. The van der Waals surface area contributed by atoms with E-state index in [1.165, 1.54) is 0 Å². The summed E-state index contributed by atoms with van der Waals surface area (Å²) in [4.78, 5) is 68.2. The number of carbonyl (C=O) groups is 4. The van der Waals surface area contributed by atoms with Crippen molar-refractivity contribution in [3.05, 3.63) is 49.8 Å². The number of hydrogen-bond acceptors (Lipinski definition) is 11. The van der Waals surface area contributed by atoms with Crippen molar-refractivity contribution in [3.63, 3.8) is 0 Å². The van der Waals surface area contributed by atoms with Crippen molar-refractivity contribution in [1.29, 1.82) is 0 Å². The Kier molecular flexibility index (Phi) is 11.2. The maximum absolute atomic E-state index is 12.7. The molecule has 3 rings (SSSR count). The highest BCUT2D eigenvalue weighted by Crippen LogP contribution is 2.30. The first-order valence-electron chi connectivity index (χ1n) is 12.4. The molecular weight excluding hydrogens is 550 g/mol. The minimum Gasteiger partial charge on any atom is -0.374 e. The van der Waals surface area contributed by atoms with Crippen LogP contribution in [0.1, 0.15) is 25.7 Å². The molecule has 1 fully saturated rings. The van der Waals surface area contributed by atoms with Gasteiger partial charge in [0.05, 0.1) is 18.4 Å². The molecule has 17 heteroatoms. The lowest BCUT2D eigenvalue weighted by Gasteiger charge is -2.23. The van der Waals surface area contributed by atoms with Crippen molar-refractivity contribution < 1.29 is 28.9 Å². The van der Waals surface area contributed by atoms with Crippen LogP contribution in [0, 0.1) is 31.6 Å². The van der Waals surface area contributed by atoms with Gasteiger partial charge >= 0.3 is 11.9 Å². The highest BCUT2D eigenvalue weighted by molar-refractivity contribution is 6.02. The van der Waals surface area contributed by atoms with Gasteiger partial charge in [0.1, 0.15) is 5.82 Å². The Balaban J connectivity index is 1.78. The predicted molar refractivity (Wildman–Crippen MR) is 153 cm³/mol. The third-order valence-corrected chi connectivity index (χ3v) is 5.40. The van der Waals surface area contributed by atoms with Gasteiger partial charge in [-0.3, -0.25) is 14.9 Å². The molecule has 221 valence electrons. The number of oxime groups is 2. The lowest BCUT2D eigenvalue weighted by Crippen LogP contribution is -2.24. The van der Waals surface area contributed by atoms with Crippen LogP contribution >= 0.6 is 0 Å². The average molecular weight is 581 g/mol. The van der Waals surface area contributed by atoms with Crippen LogP contribution in [0.3, 0.4) is 0 Å². The Hall–Kier alpha value is -5.22. The van der Waals surface area contributed by atoms with E-state index in [2.05, 4.69) is 40.6 Å². The van der Waals surface area contributed by atoms with Gasteiger partial charge in [0.2, 0.25) is 29.7 Å². The molecule has 0 atom stereocenters. The Morgan fingerprint density at radius 2 is 1.40 bits per heavy atom. The molecule has 1 aromatic carbocycles. The molecule has 1 aliphatic rings. The average Bonchev–Trinajstić information content (AvgIpc) is 3.45. The van der Waals surface area contributed by atoms with E-state index in [1.807, 2.05) is 43.7 Å². The predicted octanol–water partition coefficient (Wildman–Crippen LogP) is -0.628. The van der Waals surface area contributed by atoms with E-state index in [0.717, 1.165) is 11.6 Å². The van der Waals surface area contributed by atoms with Crippen LogP contribution in [0.2, 0.25) is 0 Å². The number of fused-ring (bicyclic) bond motifs is 1. The van der Waals surface area contributed by atoms with Crippen LogP contribution in [-0.4, -0.2) is 59.2 Å². The Morgan fingerprint density at radius 1 is 0.833 bits per heavy atom. The molecule has 0 saturated heterocycles. The van der Waals surface area contributed by atoms with Gasteiger partial charge in [-0.25, -0.2) is 14.6 Å². The monoisotopic (exact) mass is 580 g/mol. The van der Waals surface area contributed by atoms with Crippen LogP contribution in [0.15, 0.2) is 28.5 Å². The van der Waals surface area contributed by atoms with Gasteiger partial charge in [0, 0.05) is 43.4 Å². The number of rotatable bonds is 13. The van der Waals surface area contributed by atoms with E-state index in [1.54, 1.807) is 12.1 Å². The molecule has 5 radical (unpaired) electrons. The molecule has 17 nitrogen and oxygen atoms in total. The van der Waals surface area contributed by atoms with Gasteiger partial charge in [-0.1, -0.05) is 0 Å². The molecule has 2 amide bonds. The zero-order valence-electron chi connectivity index (χ0n) is 22.6. The van der Waals surface area contributed by atoms with Crippen molar-refractivity contribution in [2.45, 2.75) is 25.7 Å². The number of nitrogens with zero attached hydrogens (tertiary/aromatic N) is 5. The maximum atomic E-state index is 12.7. The molecule has 2 aromatic rings. The number of nitrogens with two attached hydrogens (primary N) is 4. The molecule has 42 heavy (non-hydrogen) atoms. The number of aromatic nitrogens is 2. The Bertz CT molecular complexity index is 1370. The van der Waals surface area contributed by atoms with Gasteiger partial charge in [0.25, 0.3) is 0 Å². The van der Waals surface area contributed by atoms with E-state index in [9.17, 15) is 19.2 Å². The third kappa shape index (κ3) is 10.1. The van der Waals surface area contributed by atoms with Crippen LogP contribution in [-0.2, 0) is 28.9 Å². The number of hydrogen-bond donors (Lipinski definition) is 6. The SMILES string of the molecule is CN(C[C]1[CH][CH][CH][CH]1)c1ccc2nc(NC(=O)CCC(=O)ON=C(N)N)nc(NC(=O)CCC(=O)ON=C(N)N)c2c1. The lowest BCUT2D eigenvalue weighted by atomic mass is 10.1. The van der Waals surface area contributed by atoms with Gasteiger partial charge in [0.15, 0.2) is 0 Å². The number of nitrogens with one attached hydrogen (secondary N) is 2. The topological polar surface area (TPSA) is 269 Å². The van der Waals surface area contributed by atoms with Gasteiger partial charge < -0.3 is 42.8 Å². The summed E-state index contributed by atoms with van der Waals surface area (Å²) in [7, 11) is 1.91. The largest absolute Gasteiger partial charge is 0.374 e. The zero-order chi connectivity index (χ0) is 30.6. The standard InChI is InChI=1S/C25H30N11O6/c1-36(13-14-4-2-3-5-14)15-6-7-17-16(12-15)22(31-18(37)8-10-20(39)41-34-23(26)27)33-25(30-17)32-19(38)9-11-21(40)42-35-24(28)29/h2-7,12H,8-11,13H2,1H3,(H4,26,27,34)(H4,28,29,35)(H2,30,31,32,33,37,38). The fourth-order valence-electron chi connectivity index (χ4n) is 3.50. The van der Waals surface area contributed by atoms with E-state index < -0.39 is 35.7 Å². The van der Waals surface area contributed by atoms with Crippen molar-refractivity contribution in [1.82, 2.24) is 9.97 Å². The van der Waals surface area contributed by atoms with Crippen LogP contribution in [0.5, 0.6) is 0 Å². The second-order valence-electron chi connectivity index (χ2n) is 8.80. The molecule has 0 unspecified atom stereocenters. The third-order valence-electron chi connectivity index (χ3n) is 5.40. The van der Waals surface area contributed by atoms with E-state index in [4.69, 9.17) is 22.9 Å². The van der Waals surface area contributed by atoms with Crippen LogP contribution < -0.4 is 38.5 Å². The second kappa shape index (κ2) is 15.0. The highest BCUT2D eigenvalue weighted by Gasteiger charge is 2.20. The summed E-state index contributed by atoms with van der Waals surface area (Å²) >= 11 is 0. The maximum Gasteiger partial charge on any atom is 0.335 e. The van der Waals surface area contributed by atoms with Gasteiger partial charge in [-0.2, -0.15) is 4.98 Å². The fourth-order valence-corrected chi connectivity index (χ4v) is 3.50.